The molecule has 1 saturated heterocycles. The van der Waals surface area contributed by atoms with Crippen LogP contribution in [0.3, 0.4) is 0 Å². The van der Waals surface area contributed by atoms with Gasteiger partial charge in [0.1, 0.15) is 5.82 Å². The quantitative estimate of drug-likeness (QED) is 0.818. The average molecular weight is 268 g/mol. The molecule has 1 heterocycles. The van der Waals surface area contributed by atoms with Gasteiger partial charge in [0.05, 0.1) is 6.10 Å². The zero-order valence-electron chi connectivity index (χ0n) is 10.1. The first-order valence-corrected chi connectivity index (χ1v) is 6.52. The summed E-state index contributed by atoms with van der Waals surface area (Å²) in [4.78, 5) is 0. The molecular weight excluding hydrogens is 251 g/mol. The van der Waals surface area contributed by atoms with E-state index in [2.05, 4.69) is 10.6 Å². The number of thiocarbonyl (C=S) groups is 1. The van der Waals surface area contributed by atoms with Gasteiger partial charge in [0, 0.05) is 19.7 Å². The van der Waals surface area contributed by atoms with Crippen LogP contribution in [0, 0.1) is 5.82 Å². The van der Waals surface area contributed by atoms with Gasteiger partial charge in [-0.05, 0) is 42.8 Å². The summed E-state index contributed by atoms with van der Waals surface area (Å²) in [6.45, 7) is 2.19. The molecule has 2 N–H and O–H groups in total. The highest BCUT2D eigenvalue weighted by Crippen LogP contribution is 2.10. The average Bonchev–Trinajstić information content (AvgIpc) is 2.89. The van der Waals surface area contributed by atoms with Crippen LogP contribution in [-0.4, -0.2) is 24.4 Å². The Balaban J connectivity index is 1.66. The predicted molar refractivity (Wildman–Crippen MR) is 72.8 cm³/mol. The molecule has 2 rings (SSSR count). The summed E-state index contributed by atoms with van der Waals surface area (Å²) in [5, 5.41) is 6.82. The molecule has 1 aromatic rings. The number of halogens is 1. The SMILES string of the molecule is Fc1ccc(CNC(=S)NC[C@@H]2CCCO2)cc1. The van der Waals surface area contributed by atoms with Gasteiger partial charge in [0.15, 0.2) is 5.11 Å². The van der Waals surface area contributed by atoms with E-state index in [-0.39, 0.29) is 11.9 Å². The van der Waals surface area contributed by atoms with E-state index in [1.54, 1.807) is 12.1 Å². The van der Waals surface area contributed by atoms with Crippen molar-refractivity contribution in [3.05, 3.63) is 35.6 Å². The Labute approximate surface area is 112 Å². The number of hydrogen-bond donors (Lipinski definition) is 2. The van der Waals surface area contributed by atoms with Gasteiger partial charge < -0.3 is 15.4 Å². The molecule has 1 aromatic carbocycles. The molecule has 0 aliphatic carbocycles. The summed E-state index contributed by atoms with van der Waals surface area (Å²) in [6.07, 6.45) is 2.49. The number of nitrogens with one attached hydrogen (secondary N) is 2. The topological polar surface area (TPSA) is 33.3 Å². The zero-order valence-corrected chi connectivity index (χ0v) is 10.9. The highest BCUT2D eigenvalue weighted by atomic mass is 32.1. The van der Waals surface area contributed by atoms with Crippen LogP contribution < -0.4 is 10.6 Å². The third kappa shape index (κ3) is 4.23. The lowest BCUT2D eigenvalue weighted by Gasteiger charge is -2.14. The summed E-state index contributed by atoms with van der Waals surface area (Å²) in [6, 6.07) is 6.37. The molecule has 0 unspecified atom stereocenters. The number of rotatable bonds is 4. The van der Waals surface area contributed by atoms with Crippen LogP contribution in [0.25, 0.3) is 0 Å². The Hall–Kier alpha value is -1.20. The highest BCUT2D eigenvalue weighted by molar-refractivity contribution is 7.80. The van der Waals surface area contributed by atoms with Gasteiger partial charge in [-0.2, -0.15) is 0 Å². The van der Waals surface area contributed by atoms with Crippen molar-refractivity contribution >= 4 is 17.3 Å². The molecule has 3 nitrogen and oxygen atoms in total. The number of hydrogen-bond acceptors (Lipinski definition) is 2. The summed E-state index contributed by atoms with van der Waals surface area (Å²) in [5.41, 5.74) is 0.998. The van der Waals surface area contributed by atoms with Crippen LogP contribution >= 0.6 is 12.2 Å². The van der Waals surface area contributed by atoms with Crippen LogP contribution in [-0.2, 0) is 11.3 Å². The molecule has 1 aliphatic rings. The monoisotopic (exact) mass is 268 g/mol. The Morgan fingerprint density at radius 1 is 1.33 bits per heavy atom. The molecule has 0 radical (unpaired) electrons. The fourth-order valence-corrected chi connectivity index (χ4v) is 2.01. The molecule has 1 aliphatic heterocycles. The summed E-state index contributed by atoms with van der Waals surface area (Å²) in [5.74, 6) is -0.224. The number of benzene rings is 1. The van der Waals surface area contributed by atoms with Crippen molar-refractivity contribution in [3.63, 3.8) is 0 Å². The van der Waals surface area contributed by atoms with Crippen molar-refractivity contribution < 1.29 is 9.13 Å². The van der Waals surface area contributed by atoms with Crippen molar-refractivity contribution in [1.29, 1.82) is 0 Å². The Kier molecular flexibility index (Phi) is 4.90. The maximum absolute atomic E-state index is 12.7. The van der Waals surface area contributed by atoms with Gasteiger partial charge in [-0.15, -0.1) is 0 Å². The minimum absolute atomic E-state index is 0.224. The molecule has 1 atom stereocenters. The van der Waals surface area contributed by atoms with E-state index in [0.717, 1.165) is 31.6 Å². The summed E-state index contributed by atoms with van der Waals surface area (Å²) < 4.78 is 18.2. The van der Waals surface area contributed by atoms with Crippen molar-refractivity contribution in [2.24, 2.45) is 0 Å². The van der Waals surface area contributed by atoms with Gasteiger partial charge in [-0.25, -0.2) is 4.39 Å². The van der Waals surface area contributed by atoms with E-state index in [4.69, 9.17) is 17.0 Å². The molecule has 1 fully saturated rings. The Bertz CT molecular complexity index is 390. The first kappa shape index (κ1) is 13.2. The highest BCUT2D eigenvalue weighted by Gasteiger charge is 2.14. The Morgan fingerprint density at radius 3 is 2.78 bits per heavy atom. The van der Waals surface area contributed by atoms with Gasteiger partial charge in [-0.1, -0.05) is 12.1 Å². The van der Waals surface area contributed by atoms with E-state index in [1.165, 1.54) is 12.1 Å². The smallest absolute Gasteiger partial charge is 0.166 e. The molecule has 0 saturated carbocycles. The van der Waals surface area contributed by atoms with Gasteiger partial charge >= 0.3 is 0 Å². The van der Waals surface area contributed by atoms with Crippen LogP contribution in [0.1, 0.15) is 18.4 Å². The minimum atomic E-state index is -0.224. The molecule has 0 aromatic heterocycles. The molecule has 0 amide bonds. The van der Waals surface area contributed by atoms with E-state index < -0.39 is 0 Å². The predicted octanol–water partition coefficient (Wildman–Crippen LogP) is 1.97. The molecule has 98 valence electrons. The van der Waals surface area contributed by atoms with Crippen molar-refractivity contribution in [2.75, 3.05) is 13.2 Å². The second kappa shape index (κ2) is 6.66. The standard InChI is InChI=1S/C13H17FN2OS/c14-11-5-3-10(4-6-11)8-15-13(18)16-9-12-2-1-7-17-12/h3-6,12H,1-2,7-9H2,(H2,15,16,18)/t12-/m0/s1. The van der Waals surface area contributed by atoms with E-state index in [1.807, 2.05) is 0 Å². The molecule has 0 bridgehead atoms. The Morgan fingerprint density at radius 2 is 2.11 bits per heavy atom. The second-order valence-corrected chi connectivity index (χ2v) is 4.73. The largest absolute Gasteiger partial charge is 0.376 e. The second-order valence-electron chi connectivity index (χ2n) is 4.33. The lowest BCUT2D eigenvalue weighted by atomic mass is 10.2. The van der Waals surface area contributed by atoms with Crippen LogP contribution in [0.4, 0.5) is 4.39 Å². The van der Waals surface area contributed by atoms with E-state index >= 15 is 0 Å². The van der Waals surface area contributed by atoms with Crippen LogP contribution in [0.5, 0.6) is 0 Å². The first-order valence-electron chi connectivity index (χ1n) is 6.12. The van der Waals surface area contributed by atoms with Crippen LogP contribution in [0.2, 0.25) is 0 Å². The van der Waals surface area contributed by atoms with Gasteiger partial charge in [-0.3, -0.25) is 0 Å². The maximum Gasteiger partial charge on any atom is 0.166 e. The fraction of sp³-hybridized carbons (Fsp3) is 0.462. The number of ether oxygens (including phenoxy) is 1. The summed E-state index contributed by atoms with van der Waals surface area (Å²) in [7, 11) is 0. The molecule has 18 heavy (non-hydrogen) atoms. The molecular formula is C13H17FN2OS. The lowest BCUT2D eigenvalue weighted by molar-refractivity contribution is 0.114. The summed E-state index contributed by atoms with van der Waals surface area (Å²) >= 11 is 5.16. The minimum Gasteiger partial charge on any atom is -0.376 e. The molecule has 0 spiro atoms. The lowest BCUT2D eigenvalue weighted by Crippen LogP contribution is -2.39. The molecule has 5 heteroatoms. The van der Waals surface area contributed by atoms with Crippen LogP contribution in [0.15, 0.2) is 24.3 Å². The van der Waals surface area contributed by atoms with E-state index in [9.17, 15) is 4.39 Å². The van der Waals surface area contributed by atoms with Crippen molar-refractivity contribution in [2.45, 2.75) is 25.5 Å². The third-order valence-corrected chi connectivity index (χ3v) is 3.17. The first-order chi connectivity index (χ1) is 8.74. The van der Waals surface area contributed by atoms with Gasteiger partial charge in [0.25, 0.3) is 0 Å². The maximum atomic E-state index is 12.7. The fourth-order valence-electron chi connectivity index (χ4n) is 1.86. The van der Waals surface area contributed by atoms with Gasteiger partial charge in [0.2, 0.25) is 0 Å². The normalized spacial score (nSPS) is 18.6. The zero-order chi connectivity index (χ0) is 12.8. The van der Waals surface area contributed by atoms with Crippen molar-refractivity contribution in [3.8, 4) is 0 Å². The van der Waals surface area contributed by atoms with E-state index in [0.29, 0.717) is 11.7 Å². The third-order valence-electron chi connectivity index (χ3n) is 2.88. The van der Waals surface area contributed by atoms with Crippen molar-refractivity contribution in [1.82, 2.24) is 10.6 Å².